The van der Waals surface area contributed by atoms with Gasteiger partial charge in [-0.2, -0.15) is 5.10 Å². The lowest BCUT2D eigenvalue weighted by Gasteiger charge is -1.97. The fourth-order valence-electron chi connectivity index (χ4n) is 1.01. The molecule has 0 unspecified atom stereocenters. The molecule has 0 aliphatic heterocycles. The van der Waals surface area contributed by atoms with E-state index in [9.17, 15) is 4.79 Å². The van der Waals surface area contributed by atoms with E-state index >= 15 is 0 Å². The first kappa shape index (κ1) is 12.7. The van der Waals surface area contributed by atoms with Crippen LogP contribution < -0.4 is 0 Å². The Hall–Kier alpha value is -1.32. The predicted octanol–water partition coefficient (Wildman–Crippen LogP) is 1.93. The SMILES string of the molecule is CC.CCOC(=O)c1nn(C)cc1C. The number of carbonyl (C=O) groups excluding carboxylic acids is 1. The second-order valence-corrected chi connectivity index (χ2v) is 2.55. The van der Waals surface area contributed by atoms with Crippen molar-refractivity contribution in [3.05, 3.63) is 17.5 Å². The second-order valence-electron chi connectivity index (χ2n) is 2.55. The van der Waals surface area contributed by atoms with Crippen molar-refractivity contribution in [2.45, 2.75) is 27.7 Å². The van der Waals surface area contributed by atoms with Crippen molar-refractivity contribution in [1.29, 1.82) is 0 Å². The number of hydrogen-bond acceptors (Lipinski definition) is 3. The molecule has 0 atom stereocenters. The molecule has 0 spiro atoms. The molecule has 1 aromatic rings. The molecule has 0 aromatic carbocycles. The van der Waals surface area contributed by atoms with Gasteiger partial charge in [0.15, 0.2) is 5.69 Å². The number of esters is 1. The van der Waals surface area contributed by atoms with Crippen LogP contribution in [0, 0.1) is 6.92 Å². The van der Waals surface area contributed by atoms with Crippen molar-refractivity contribution < 1.29 is 9.53 Å². The maximum absolute atomic E-state index is 11.2. The van der Waals surface area contributed by atoms with Gasteiger partial charge in [0, 0.05) is 18.8 Å². The monoisotopic (exact) mass is 198 g/mol. The zero-order valence-electron chi connectivity index (χ0n) is 9.50. The summed E-state index contributed by atoms with van der Waals surface area (Å²) in [6.45, 7) is 7.99. The minimum Gasteiger partial charge on any atom is -0.461 e. The molecular weight excluding hydrogens is 180 g/mol. The smallest absolute Gasteiger partial charge is 0.359 e. The zero-order chi connectivity index (χ0) is 11.1. The third-order valence-corrected chi connectivity index (χ3v) is 1.48. The third-order valence-electron chi connectivity index (χ3n) is 1.48. The van der Waals surface area contributed by atoms with E-state index in [1.807, 2.05) is 20.8 Å². The van der Waals surface area contributed by atoms with Crippen molar-refractivity contribution in [3.63, 3.8) is 0 Å². The fourth-order valence-corrected chi connectivity index (χ4v) is 1.01. The molecule has 0 fully saturated rings. The van der Waals surface area contributed by atoms with Gasteiger partial charge in [-0.05, 0) is 13.8 Å². The maximum atomic E-state index is 11.2. The van der Waals surface area contributed by atoms with Crippen LogP contribution in [-0.2, 0) is 11.8 Å². The highest BCUT2D eigenvalue weighted by Crippen LogP contribution is 2.05. The van der Waals surface area contributed by atoms with E-state index in [0.717, 1.165) is 5.56 Å². The summed E-state index contributed by atoms with van der Waals surface area (Å²) in [4.78, 5) is 11.2. The highest BCUT2D eigenvalue weighted by Gasteiger charge is 2.13. The molecule has 1 rings (SSSR count). The van der Waals surface area contributed by atoms with Gasteiger partial charge in [-0.25, -0.2) is 4.79 Å². The summed E-state index contributed by atoms with van der Waals surface area (Å²) >= 11 is 0. The first-order valence-corrected chi connectivity index (χ1v) is 4.82. The van der Waals surface area contributed by atoms with Crippen molar-refractivity contribution in [2.75, 3.05) is 6.61 Å². The summed E-state index contributed by atoms with van der Waals surface area (Å²) in [5.41, 5.74) is 1.25. The topological polar surface area (TPSA) is 44.1 Å². The van der Waals surface area contributed by atoms with Crippen molar-refractivity contribution >= 4 is 5.97 Å². The van der Waals surface area contributed by atoms with Crippen LogP contribution in [-0.4, -0.2) is 22.4 Å². The number of carbonyl (C=O) groups is 1. The fraction of sp³-hybridized carbons (Fsp3) is 0.600. The summed E-state index contributed by atoms with van der Waals surface area (Å²) < 4.78 is 6.41. The van der Waals surface area contributed by atoms with E-state index in [-0.39, 0.29) is 5.97 Å². The molecule has 80 valence electrons. The van der Waals surface area contributed by atoms with Gasteiger partial charge in [0.1, 0.15) is 0 Å². The molecule has 4 nitrogen and oxygen atoms in total. The Kier molecular flexibility index (Phi) is 5.60. The largest absolute Gasteiger partial charge is 0.461 e. The maximum Gasteiger partial charge on any atom is 0.359 e. The molecular formula is C10H18N2O2. The lowest BCUT2D eigenvalue weighted by molar-refractivity contribution is 0.0518. The average molecular weight is 198 g/mol. The Morgan fingerprint density at radius 2 is 2.14 bits per heavy atom. The highest BCUT2D eigenvalue weighted by molar-refractivity contribution is 5.88. The van der Waals surface area contributed by atoms with Crippen molar-refractivity contribution in [1.82, 2.24) is 9.78 Å². The summed E-state index contributed by atoms with van der Waals surface area (Å²) in [7, 11) is 1.77. The summed E-state index contributed by atoms with van der Waals surface area (Å²) in [6.07, 6.45) is 1.78. The molecule has 0 amide bonds. The predicted molar refractivity (Wildman–Crippen MR) is 55.2 cm³/mol. The Morgan fingerprint density at radius 1 is 1.57 bits per heavy atom. The third kappa shape index (κ3) is 3.20. The van der Waals surface area contributed by atoms with E-state index in [1.165, 1.54) is 0 Å². The molecule has 14 heavy (non-hydrogen) atoms. The van der Waals surface area contributed by atoms with E-state index in [0.29, 0.717) is 12.3 Å². The number of hydrogen-bond donors (Lipinski definition) is 0. The van der Waals surface area contributed by atoms with Crippen LogP contribution in [0.4, 0.5) is 0 Å². The van der Waals surface area contributed by atoms with Crippen LogP contribution in [0.25, 0.3) is 0 Å². The van der Waals surface area contributed by atoms with Gasteiger partial charge in [0.25, 0.3) is 0 Å². The van der Waals surface area contributed by atoms with Gasteiger partial charge >= 0.3 is 5.97 Å². The van der Waals surface area contributed by atoms with E-state index in [2.05, 4.69) is 5.10 Å². The number of ether oxygens (including phenoxy) is 1. The molecule has 0 saturated carbocycles. The molecule has 0 bridgehead atoms. The second kappa shape index (κ2) is 6.18. The Labute approximate surface area is 84.9 Å². The quantitative estimate of drug-likeness (QED) is 0.682. The normalized spacial score (nSPS) is 8.93. The van der Waals surface area contributed by atoms with Crippen LogP contribution >= 0.6 is 0 Å². The lowest BCUT2D eigenvalue weighted by atomic mass is 10.3. The summed E-state index contributed by atoms with van der Waals surface area (Å²) in [5.74, 6) is -0.351. The first-order valence-electron chi connectivity index (χ1n) is 4.82. The van der Waals surface area contributed by atoms with E-state index < -0.39 is 0 Å². The number of nitrogens with zero attached hydrogens (tertiary/aromatic N) is 2. The number of aryl methyl sites for hydroxylation is 2. The van der Waals surface area contributed by atoms with Gasteiger partial charge in [-0.3, -0.25) is 4.68 Å². The van der Waals surface area contributed by atoms with E-state index in [4.69, 9.17) is 4.74 Å². The van der Waals surface area contributed by atoms with Crippen LogP contribution in [0.5, 0.6) is 0 Å². The molecule has 0 radical (unpaired) electrons. The van der Waals surface area contributed by atoms with Crippen LogP contribution in [0.2, 0.25) is 0 Å². The standard InChI is InChI=1S/C8H12N2O2.C2H6/c1-4-12-8(11)7-6(2)5-10(3)9-7;1-2/h5H,4H2,1-3H3;1-2H3. The average Bonchev–Trinajstić information content (AvgIpc) is 2.49. The summed E-state index contributed by atoms with van der Waals surface area (Å²) in [5, 5.41) is 3.97. The Morgan fingerprint density at radius 3 is 2.50 bits per heavy atom. The number of aromatic nitrogens is 2. The molecule has 4 heteroatoms. The Balaban J connectivity index is 0.000000791. The van der Waals surface area contributed by atoms with Gasteiger partial charge in [-0.1, -0.05) is 13.8 Å². The van der Waals surface area contributed by atoms with Crippen LogP contribution in [0.1, 0.15) is 36.8 Å². The highest BCUT2D eigenvalue weighted by atomic mass is 16.5. The summed E-state index contributed by atoms with van der Waals surface area (Å²) in [6, 6.07) is 0. The Bertz CT molecular complexity index is 292. The molecule has 0 aliphatic carbocycles. The van der Waals surface area contributed by atoms with E-state index in [1.54, 1.807) is 24.9 Å². The van der Waals surface area contributed by atoms with Gasteiger partial charge in [0.2, 0.25) is 0 Å². The number of rotatable bonds is 2. The molecule has 0 saturated heterocycles. The molecule has 0 aliphatic rings. The van der Waals surface area contributed by atoms with Crippen molar-refractivity contribution in [3.8, 4) is 0 Å². The van der Waals surface area contributed by atoms with Crippen LogP contribution in [0.15, 0.2) is 6.20 Å². The zero-order valence-corrected chi connectivity index (χ0v) is 9.50. The van der Waals surface area contributed by atoms with Gasteiger partial charge in [0.05, 0.1) is 6.61 Å². The first-order chi connectivity index (χ1) is 6.65. The van der Waals surface area contributed by atoms with Crippen molar-refractivity contribution in [2.24, 2.45) is 7.05 Å². The molecule has 1 heterocycles. The molecule has 1 aromatic heterocycles. The lowest BCUT2D eigenvalue weighted by Crippen LogP contribution is -2.07. The van der Waals surface area contributed by atoms with Gasteiger partial charge in [-0.15, -0.1) is 0 Å². The van der Waals surface area contributed by atoms with Gasteiger partial charge < -0.3 is 4.74 Å². The minimum atomic E-state index is -0.351. The van der Waals surface area contributed by atoms with Crippen LogP contribution in [0.3, 0.4) is 0 Å². The molecule has 0 N–H and O–H groups in total. The minimum absolute atomic E-state index is 0.351.